The van der Waals surface area contributed by atoms with E-state index in [0.717, 1.165) is 34.6 Å². The molecule has 2 fully saturated rings. The van der Waals surface area contributed by atoms with Gasteiger partial charge >= 0.3 is 6.03 Å². The normalized spacial score (nSPS) is 22.7. The minimum atomic E-state index is -0.492. The first-order chi connectivity index (χ1) is 15.0. The van der Waals surface area contributed by atoms with Gasteiger partial charge in [0.1, 0.15) is 0 Å². The molecule has 0 saturated carbocycles. The number of fused-ring (bicyclic) bond motifs is 3. The van der Waals surface area contributed by atoms with E-state index in [0.29, 0.717) is 6.54 Å². The second kappa shape index (κ2) is 7.67. The van der Waals surface area contributed by atoms with Gasteiger partial charge in [0.05, 0.1) is 6.54 Å². The summed E-state index contributed by atoms with van der Waals surface area (Å²) in [5.41, 5.74) is 3.26. The van der Waals surface area contributed by atoms with Crippen LogP contribution in [0.5, 0.6) is 0 Å². The van der Waals surface area contributed by atoms with Crippen molar-refractivity contribution in [2.75, 3.05) is 25.0 Å². The van der Waals surface area contributed by atoms with Gasteiger partial charge in [-0.2, -0.15) is 0 Å². The molecule has 2 aromatic rings. The monoisotopic (exact) mass is 481 g/mol. The van der Waals surface area contributed by atoms with Gasteiger partial charge in [-0.1, -0.05) is 47.1 Å². The summed E-state index contributed by atoms with van der Waals surface area (Å²) in [6, 6.07) is 15.3. The molecule has 0 aliphatic carbocycles. The van der Waals surface area contributed by atoms with Crippen molar-refractivity contribution >= 4 is 39.5 Å². The summed E-state index contributed by atoms with van der Waals surface area (Å²) < 4.78 is 0.961. The number of amides is 3. The van der Waals surface area contributed by atoms with Gasteiger partial charge < -0.3 is 14.7 Å². The van der Waals surface area contributed by atoms with E-state index in [1.165, 1.54) is 10.5 Å². The van der Waals surface area contributed by atoms with Crippen LogP contribution >= 0.6 is 15.9 Å². The lowest BCUT2D eigenvalue weighted by Crippen LogP contribution is -2.64. The summed E-state index contributed by atoms with van der Waals surface area (Å²) in [4.78, 5) is 38.4. The quantitative estimate of drug-likeness (QED) is 0.672. The number of aryl methyl sites for hydroxylation is 1. The van der Waals surface area contributed by atoms with Crippen molar-refractivity contribution in [3.8, 4) is 0 Å². The molecule has 2 saturated heterocycles. The molecular weight excluding hydrogens is 458 g/mol. The number of halogens is 1. The number of carbonyl (C=O) groups excluding carboxylic acids is 2. The number of rotatable bonds is 4. The number of hydrogen-bond acceptors (Lipinski definition) is 5. The number of guanidine groups is 1. The third-order valence-electron chi connectivity index (χ3n) is 6.29. The molecule has 2 unspecified atom stereocenters. The molecule has 0 aromatic heterocycles. The Labute approximate surface area is 190 Å². The number of urea groups is 1. The molecule has 5 rings (SSSR count). The predicted octanol–water partition coefficient (Wildman–Crippen LogP) is 3.29. The Morgan fingerprint density at radius 3 is 2.35 bits per heavy atom. The van der Waals surface area contributed by atoms with E-state index in [2.05, 4.69) is 56.9 Å². The third kappa shape index (κ3) is 3.29. The maximum atomic E-state index is 13.4. The van der Waals surface area contributed by atoms with Gasteiger partial charge in [-0.05, 0) is 41.8 Å². The largest absolute Gasteiger partial charge is 0.328 e. The summed E-state index contributed by atoms with van der Waals surface area (Å²) in [5.74, 6) is 0.593. The molecule has 2 aromatic carbocycles. The van der Waals surface area contributed by atoms with Crippen LogP contribution in [0, 0.1) is 0 Å². The van der Waals surface area contributed by atoms with E-state index in [-0.39, 0.29) is 18.5 Å². The Balaban J connectivity index is 1.41. The van der Waals surface area contributed by atoms with Crippen LogP contribution in [0.15, 0.2) is 58.0 Å². The van der Waals surface area contributed by atoms with Crippen molar-refractivity contribution in [1.82, 2.24) is 14.7 Å². The molecule has 0 radical (unpaired) electrons. The zero-order valence-corrected chi connectivity index (χ0v) is 19.1. The highest BCUT2D eigenvalue weighted by Gasteiger charge is 2.54. The van der Waals surface area contributed by atoms with Crippen LogP contribution in [0.3, 0.4) is 0 Å². The Hall–Kier alpha value is -2.87. The SMILES string of the molecule is CCc1ccc(N2CCN3C2=NC2C3C(=O)N(Cc3ccc(Br)cc3)C(=O)N2C)cc1. The minimum absolute atomic E-state index is 0.182. The molecule has 3 aliphatic rings. The maximum Gasteiger partial charge on any atom is 0.328 e. The van der Waals surface area contributed by atoms with Crippen LogP contribution in [0.1, 0.15) is 18.1 Å². The van der Waals surface area contributed by atoms with Crippen molar-refractivity contribution in [2.45, 2.75) is 32.1 Å². The maximum absolute atomic E-state index is 13.4. The first kappa shape index (κ1) is 20.1. The number of likely N-dealkylation sites (N-methyl/N-ethyl adjacent to an activating group) is 1. The Morgan fingerprint density at radius 1 is 1.00 bits per heavy atom. The van der Waals surface area contributed by atoms with E-state index in [4.69, 9.17) is 4.99 Å². The number of anilines is 1. The highest BCUT2D eigenvalue weighted by Crippen LogP contribution is 2.34. The van der Waals surface area contributed by atoms with E-state index in [1.54, 1.807) is 11.9 Å². The van der Waals surface area contributed by atoms with E-state index in [1.807, 2.05) is 24.3 Å². The summed E-state index contributed by atoms with van der Waals surface area (Å²) in [6.45, 7) is 3.86. The van der Waals surface area contributed by atoms with Crippen molar-refractivity contribution in [3.05, 3.63) is 64.1 Å². The van der Waals surface area contributed by atoms with Crippen LogP contribution in [-0.4, -0.2) is 64.9 Å². The molecule has 2 atom stereocenters. The smallest absolute Gasteiger partial charge is 0.325 e. The predicted molar refractivity (Wildman–Crippen MR) is 123 cm³/mol. The molecule has 3 heterocycles. The second-order valence-electron chi connectivity index (χ2n) is 8.10. The lowest BCUT2D eigenvalue weighted by molar-refractivity contribution is -0.137. The molecule has 8 heteroatoms. The van der Waals surface area contributed by atoms with Gasteiger partial charge in [-0.25, -0.2) is 9.79 Å². The zero-order chi connectivity index (χ0) is 21.7. The lowest BCUT2D eigenvalue weighted by Gasteiger charge is -2.40. The molecule has 160 valence electrons. The fraction of sp³-hybridized carbons (Fsp3) is 0.348. The summed E-state index contributed by atoms with van der Waals surface area (Å²) in [6.07, 6.45) is 0.501. The summed E-state index contributed by atoms with van der Waals surface area (Å²) in [5, 5.41) is 0. The molecular formula is C23H24BrN5O2. The number of imide groups is 1. The highest BCUT2D eigenvalue weighted by atomic mass is 79.9. The number of aliphatic imine (C=N–C) groups is 1. The number of carbonyl (C=O) groups is 2. The van der Waals surface area contributed by atoms with Gasteiger partial charge in [0.15, 0.2) is 12.2 Å². The Morgan fingerprint density at radius 2 is 1.68 bits per heavy atom. The van der Waals surface area contributed by atoms with Gasteiger partial charge in [0.2, 0.25) is 5.96 Å². The van der Waals surface area contributed by atoms with Crippen molar-refractivity contribution < 1.29 is 9.59 Å². The van der Waals surface area contributed by atoms with Crippen LogP contribution in [0.2, 0.25) is 0 Å². The molecule has 7 nitrogen and oxygen atoms in total. The average molecular weight is 482 g/mol. The molecule has 0 N–H and O–H groups in total. The number of nitrogens with zero attached hydrogens (tertiary/aromatic N) is 5. The van der Waals surface area contributed by atoms with Crippen LogP contribution < -0.4 is 4.90 Å². The lowest BCUT2D eigenvalue weighted by atomic mass is 10.1. The number of benzene rings is 2. The topological polar surface area (TPSA) is 59.5 Å². The Bertz CT molecular complexity index is 1050. The fourth-order valence-corrected chi connectivity index (χ4v) is 4.78. The first-order valence-electron chi connectivity index (χ1n) is 10.5. The molecule has 3 aliphatic heterocycles. The Kier molecular flexibility index (Phi) is 4.97. The van der Waals surface area contributed by atoms with E-state index >= 15 is 0 Å². The van der Waals surface area contributed by atoms with Crippen LogP contribution in [0.4, 0.5) is 10.5 Å². The first-order valence-corrected chi connectivity index (χ1v) is 11.3. The molecule has 0 bridgehead atoms. The fourth-order valence-electron chi connectivity index (χ4n) is 4.51. The van der Waals surface area contributed by atoms with Gasteiger partial charge in [0, 0.05) is 30.3 Å². The van der Waals surface area contributed by atoms with Crippen molar-refractivity contribution in [3.63, 3.8) is 0 Å². The zero-order valence-electron chi connectivity index (χ0n) is 17.5. The molecule has 0 spiro atoms. The summed E-state index contributed by atoms with van der Waals surface area (Å²) >= 11 is 3.42. The third-order valence-corrected chi connectivity index (χ3v) is 6.82. The number of hydrogen-bond donors (Lipinski definition) is 0. The van der Waals surface area contributed by atoms with Crippen molar-refractivity contribution in [1.29, 1.82) is 0 Å². The van der Waals surface area contributed by atoms with Gasteiger partial charge in [-0.15, -0.1) is 0 Å². The standard InChI is InChI=1S/C23H24BrN5O2/c1-3-15-6-10-18(11-7-15)27-12-13-28-19-20(25-22(27)28)26(2)23(31)29(21(19)30)14-16-4-8-17(24)9-5-16/h4-11,19-20H,3,12-14H2,1-2H3. The van der Waals surface area contributed by atoms with E-state index < -0.39 is 12.2 Å². The minimum Gasteiger partial charge on any atom is -0.325 e. The highest BCUT2D eigenvalue weighted by molar-refractivity contribution is 9.10. The average Bonchev–Trinajstić information content (AvgIpc) is 3.36. The summed E-state index contributed by atoms with van der Waals surface area (Å²) in [7, 11) is 1.73. The van der Waals surface area contributed by atoms with Crippen LogP contribution in [-0.2, 0) is 17.8 Å². The second-order valence-corrected chi connectivity index (χ2v) is 9.01. The van der Waals surface area contributed by atoms with Gasteiger partial charge in [-0.3, -0.25) is 9.69 Å². The molecule has 3 amide bonds. The van der Waals surface area contributed by atoms with Gasteiger partial charge in [0.25, 0.3) is 5.91 Å². The van der Waals surface area contributed by atoms with E-state index in [9.17, 15) is 9.59 Å². The molecule has 31 heavy (non-hydrogen) atoms. The van der Waals surface area contributed by atoms with Crippen molar-refractivity contribution in [2.24, 2.45) is 4.99 Å². The van der Waals surface area contributed by atoms with Crippen LogP contribution in [0.25, 0.3) is 0 Å².